The Morgan fingerprint density at radius 1 is 1.22 bits per heavy atom. The maximum absolute atomic E-state index is 12.4. The zero-order chi connectivity index (χ0) is 15.6. The summed E-state index contributed by atoms with van der Waals surface area (Å²) in [6.07, 6.45) is 4.01. The lowest BCUT2D eigenvalue weighted by atomic mass is 10.1. The molecule has 0 saturated carbocycles. The third-order valence-electron chi connectivity index (χ3n) is 4.19. The molecule has 1 saturated heterocycles. The van der Waals surface area contributed by atoms with E-state index >= 15 is 0 Å². The van der Waals surface area contributed by atoms with Crippen molar-refractivity contribution >= 4 is 34.0 Å². The molecular weight excluding hydrogens is 338 g/mol. The number of carbonyl (C=O) groups is 1. The zero-order valence-corrected chi connectivity index (χ0v) is 14.4. The monoisotopic (exact) mass is 359 g/mol. The molecule has 2 aliphatic heterocycles. The molecule has 1 aromatic rings. The van der Waals surface area contributed by atoms with E-state index in [4.69, 9.17) is 0 Å². The molecule has 0 aliphatic carbocycles. The Morgan fingerprint density at radius 3 is 2.78 bits per heavy atom. The smallest absolute Gasteiger partial charge is 0.240 e. The number of hydrogen-bond donors (Lipinski definition) is 3. The Hall–Kier alpha value is -1.15. The van der Waals surface area contributed by atoms with E-state index in [0.29, 0.717) is 19.4 Å². The molecule has 8 heteroatoms. The van der Waals surface area contributed by atoms with E-state index in [1.54, 1.807) is 18.2 Å². The second-order valence-corrected chi connectivity index (χ2v) is 7.63. The van der Waals surface area contributed by atoms with Crippen molar-refractivity contribution in [1.82, 2.24) is 10.0 Å². The number of fused-ring (bicyclic) bond motifs is 1. The first-order valence-corrected chi connectivity index (χ1v) is 9.19. The first-order chi connectivity index (χ1) is 10.5. The highest BCUT2D eigenvalue weighted by Crippen LogP contribution is 2.25. The van der Waals surface area contributed by atoms with Crippen LogP contribution in [-0.2, 0) is 21.2 Å². The first kappa shape index (κ1) is 18.2. The van der Waals surface area contributed by atoms with E-state index in [0.717, 1.165) is 37.1 Å². The molecule has 1 atom stereocenters. The van der Waals surface area contributed by atoms with Gasteiger partial charge in [0.15, 0.2) is 0 Å². The fourth-order valence-electron chi connectivity index (χ4n) is 2.94. The molecule has 0 radical (unpaired) electrons. The number of anilines is 1. The molecule has 3 rings (SSSR count). The Labute approximate surface area is 142 Å². The summed E-state index contributed by atoms with van der Waals surface area (Å²) < 4.78 is 27.5. The highest BCUT2D eigenvalue weighted by Gasteiger charge is 2.21. The number of amides is 1. The number of halogens is 1. The molecule has 2 heterocycles. The molecule has 23 heavy (non-hydrogen) atoms. The van der Waals surface area contributed by atoms with Crippen LogP contribution in [0.5, 0.6) is 0 Å². The second-order valence-electron chi connectivity index (χ2n) is 5.87. The molecule has 2 aliphatic rings. The lowest BCUT2D eigenvalue weighted by Gasteiger charge is -2.13. The van der Waals surface area contributed by atoms with Crippen molar-refractivity contribution in [2.45, 2.75) is 43.0 Å². The van der Waals surface area contributed by atoms with E-state index in [2.05, 4.69) is 15.4 Å². The number of sulfonamides is 1. The molecule has 1 fully saturated rings. The van der Waals surface area contributed by atoms with Crippen LogP contribution in [0.4, 0.5) is 5.69 Å². The van der Waals surface area contributed by atoms with Gasteiger partial charge in [0, 0.05) is 24.7 Å². The molecule has 3 N–H and O–H groups in total. The van der Waals surface area contributed by atoms with E-state index < -0.39 is 10.0 Å². The van der Waals surface area contributed by atoms with Gasteiger partial charge in [-0.3, -0.25) is 4.79 Å². The first-order valence-electron chi connectivity index (χ1n) is 7.70. The largest absolute Gasteiger partial charge is 0.326 e. The summed E-state index contributed by atoms with van der Waals surface area (Å²) in [6, 6.07) is 5.12. The quantitative estimate of drug-likeness (QED) is 0.758. The van der Waals surface area contributed by atoms with Gasteiger partial charge in [-0.2, -0.15) is 0 Å². The van der Waals surface area contributed by atoms with Gasteiger partial charge in [0.2, 0.25) is 15.9 Å². The second kappa shape index (κ2) is 7.61. The summed E-state index contributed by atoms with van der Waals surface area (Å²) in [5, 5.41) is 6.08. The van der Waals surface area contributed by atoms with E-state index in [9.17, 15) is 13.2 Å². The van der Waals surface area contributed by atoms with Crippen molar-refractivity contribution in [2.24, 2.45) is 0 Å². The summed E-state index contributed by atoms with van der Waals surface area (Å²) in [4.78, 5) is 11.8. The maximum Gasteiger partial charge on any atom is 0.240 e. The predicted molar refractivity (Wildman–Crippen MR) is 91.5 cm³/mol. The Balaban J connectivity index is 0.00000192. The van der Waals surface area contributed by atoms with E-state index in [1.807, 2.05) is 0 Å². The summed E-state index contributed by atoms with van der Waals surface area (Å²) in [7, 11) is -3.51. The number of aryl methyl sites for hydroxylation is 1. The number of carbonyl (C=O) groups excluding carboxylic acids is 1. The van der Waals surface area contributed by atoms with Crippen LogP contribution >= 0.6 is 12.4 Å². The van der Waals surface area contributed by atoms with Crippen molar-refractivity contribution in [3.8, 4) is 0 Å². The van der Waals surface area contributed by atoms with E-state index in [1.165, 1.54) is 0 Å². The van der Waals surface area contributed by atoms with Gasteiger partial charge in [0.25, 0.3) is 0 Å². The Kier molecular flexibility index (Phi) is 6.02. The van der Waals surface area contributed by atoms with Gasteiger partial charge in [-0.15, -0.1) is 12.4 Å². The van der Waals surface area contributed by atoms with Crippen LogP contribution in [-0.4, -0.2) is 33.5 Å². The predicted octanol–water partition coefficient (Wildman–Crippen LogP) is 1.41. The van der Waals surface area contributed by atoms with Crippen LogP contribution in [0.15, 0.2) is 23.1 Å². The fourth-order valence-corrected chi connectivity index (χ4v) is 4.07. The number of hydrogen-bond acceptors (Lipinski definition) is 4. The third-order valence-corrected chi connectivity index (χ3v) is 5.61. The molecule has 128 valence electrons. The van der Waals surface area contributed by atoms with Crippen molar-refractivity contribution in [2.75, 3.05) is 18.4 Å². The highest BCUT2D eigenvalue weighted by atomic mass is 35.5. The zero-order valence-electron chi connectivity index (χ0n) is 12.8. The lowest BCUT2D eigenvalue weighted by molar-refractivity contribution is -0.116. The van der Waals surface area contributed by atoms with Crippen LogP contribution in [0, 0.1) is 0 Å². The minimum Gasteiger partial charge on any atom is -0.326 e. The van der Waals surface area contributed by atoms with Gasteiger partial charge >= 0.3 is 0 Å². The SMILES string of the molecule is Cl.O=C1CCCc2cc(S(=O)(=O)NCC3CCCN3)ccc2N1. The molecule has 1 amide bonds. The lowest BCUT2D eigenvalue weighted by Crippen LogP contribution is -2.37. The molecule has 1 aromatic carbocycles. The van der Waals surface area contributed by atoms with Gasteiger partial charge < -0.3 is 10.6 Å². The van der Waals surface area contributed by atoms with Crippen LogP contribution in [0.2, 0.25) is 0 Å². The summed E-state index contributed by atoms with van der Waals surface area (Å²) in [6.45, 7) is 1.36. The van der Waals surface area contributed by atoms with Gasteiger partial charge in [0.05, 0.1) is 4.90 Å². The molecule has 0 bridgehead atoms. The van der Waals surface area contributed by atoms with E-state index in [-0.39, 0.29) is 29.3 Å². The van der Waals surface area contributed by atoms with Crippen LogP contribution < -0.4 is 15.4 Å². The molecule has 0 aromatic heterocycles. The van der Waals surface area contributed by atoms with Gasteiger partial charge in [-0.25, -0.2) is 13.1 Å². The topological polar surface area (TPSA) is 87.3 Å². The van der Waals surface area contributed by atoms with Crippen molar-refractivity contribution < 1.29 is 13.2 Å². The van der Waals surface area contributed by atoms with Crippen molar-refractivity contribution in [1.29, 1.82) is 0 Å². The molecule has 1 unspecified atom stereocenters. The minimum atomic E-state index is -3.51. The van der Waals surface area contributed by atoms with Crippen molar-refractivity contribution in [3.05, 3.63) is 23.8 Å². The maximum atomic E-state index is 12.4. The summed E-state index contributed by atoms with van der Waals surface area (Å²) in [5.41, 5.74) is 1.60. The van der Waals surface area contributed by atoms with Crippen molar-refractivity contribution in [3.63, 3.8) is 0 Å². The van der Waals surface area contributed by atoms with Crippen LogP contribution in [0.1, 0.15) is 31.2 Å². The normalized spacial score (nSPS) is 21.0. The number of nitrogens with one attached hydrogen (secondary N) is 3. The minimum absolute atomic E-state index is 0. The molecule has 6 nitrogen and oxygen atoms in total. The van der Waals surface area contributed by atoms with Crippen LogP contribution in [0.3, 0.4) is 0 Å². The molecular formula is C15H22ClN3O3S. The van der Waals surface area contributed by atoms with Crippen LogP contribution in [0.25, 0.3) is 0 Å². The molecule has 0 spiro atoms. The number of rotatable bonds is 4. The summed E-state index contributed by atoms with van der Waals surface area (Å²) in [5.74, 6) is -0.0141. The van der Waals surface area contributed by atoms with Gasteiger partial charge in [0.1, 0.15) is 0 Å². The third kappa shape index (κ3) is 4.44. The Bertz CT molecular complexity index is 673. The standard InChI is InChI=1S/C15H21N3O3S.ClH/c19-15-5-1-3-11-9-13(6-7-14(11)18-15)22(20,21)17-10-12-4-2-8-16-12;/h6-7,9,12,16-17H,1-5,8,10H2,(H,18,19);1H. The Morgan fingerprint density at radius 2 is 2.04 bits per heavy atom. The van der Waals surface area contributed by atoms with Gasteiger partial charge in [-0.05, 0) is 56.0 Å². The average molecular weight is 360 g/mol. The number of benzene rings is 1. The average Bonchev–Trinajstić information content (AvgIpc) is 2.93. The summed E-state index contributed by atoms with van der Waals surface area (Å²) >= 11 is 0. The highest BCUT2D eigenvalue weighted by molar-refractivity contribution is 7.89. The fraction of sp³-hybridized carbons (Fsp3) is 0.533. The van der Waals surface area contributed by atoms with Gasteiger partial charge in [-0.1, -0.05) is 0 Å².